The van der Waals surface area contributed by atoms with E-state index in [9.17, 15) is 4.79 Å². The zero-order valence-corrected chi connectivity index (χ0v) is 9.71. The number of anilines is 1. The highest BCUT2D eigenvalue weighted by Gasteiger charge is 2.06. The number of nitrogens with two attached hydrogens (primary N) is 1. The van der Waals surface area contributed by atoms with E-state index in [2.05, 4.69) is 10.5 Å². The van der Waals surface area contributed by atoms with Gasteiger partial charge in [-0.2, -0.15) is 5.10 Å². The Hall–Kier alpha value is -2.62. The monoisotopic (exact) mass is 239 g/mol. The summed E-state index contributed by atoms with van der Waals surface area (Å²) in [5.41, 5.74) is 9.90. The third-order valence-electron chi connectivity index (χ3n) is 2.38. The van der Waals surface area contributed by atoms with Gasteiger partial charge in [-0.15, -0.1) is 0 Å². The minimum atomic E-state index is -0.319. The van der Waals surface area contributed by atoms with E-state index in [4.69, 9.17) is 5.73 Å². The van der Waals surface area contributed by atoms with Gasteiger partial charge in [0, 0.05) is 5.69 Å². The van der Waals surface area contributed by atoms with E-state index in [1.807, 2.05) is 30.3 Å². The molecule has 0 aliphatic rings. The van der Waals surface area contributed by atoms with Crippen molar-refractivity contribution in [2.45, 2.75) is 0 Å². The van der Waals surface area contributed by atoms with Gasteiger partial charge in [0.2, 0.25) is 0 Å². The van der Waals surface area contributed by atoms with Crippen LogP contribution in [-0.4, -0.2) is 12.1 Å². The Morgan fingerprint density at radius 2 is 1.72 bits per heavy atom. The Morgan fingerprint density at radius 3 is 2.44 bits per heavy atom. The highest BCUT2D eigenvalue weighted by molar-refractivity contribution is 5.99. The maximum absolute atomic E-state index is 11.8. The molecule has 0 atom stereocenters. The normalized spacial score (nSPS) is 10.4. The molecule has 0 unspecified atom stereocenters. The number of hydrogen-bond acceptors (Lipinski definition) is 3. The largest absolute Gasteiger partial charge is 0.398 e. The van der Waals surface area contributed by atoms with Crippen molar-refractivity contribution < 1.29 is 4.79 Å². The first-order valence-corrected chi connectivity index (χ1v) is 5.50. The molecule has 2 aromatic carbocycles. The molecule has 0 aliphatic carbocycles. The van der Waals surface area contributed by atoms with Gasteiger partial charge in [0.15, 0.2) is 0 Å². The van der Waals surface area contributed by atoms with Crippen molar-refractivity contribution in [2.75, 3.05) is 5.73 Å². The number of amides is 1. The molecule has 90 valence electrons. The van der Waals surface area contributed by atoms with Crippen molar-refractivity contribution in [2.24, 2.45) is 5.10 Å². The number of nitrogen functional groups attached to an aromatic ring is 1. The summed E-state index contributed by atoms with van der Waals surface area (Å²) in [7, 11) is 0. The van der Waals surface area contributed by atoms with E-state index in [1.54, 1.807) is 30.5 Å². The van der Waals surface area contributed by atoms with Crippen molar-refractivity contribution in [3.05, 3.63) is 65.7 Å². The lowest BCUT2D eigenvalue weighted by atomic mass is 10.2. The maximum Gasteiger partial charge on any atom is 0.273 e. The lowest BCUT2D eigenvalue weighted by Crippen LogP contribution is -2.18. The second kappa shape index (κ2) is 5.63. The summed E-state index contributed by atoms with van der Waals surface area (Å²) in [6, 6.07) is 16.4. The summed E-state index contributed by atoms with van der Waals surface area (Å²) in [5.74, 6) is -0.319. The Kier molecular flexibility index (Phi) is 3.71. The Labute approximate surface area is 105 Å². The molecule has 1 amide bonds. The van der Waals surface area contributed by atoms with Crippen molar-refractivity contribution in [3.8, 4) is 0 Å². The van der Waals surface area contributed by atoms with Crippen LogP contribution in [0, 0.1) is 0 Å². The Balaban J connectivity index is 2.01. The summed E-state index contributed by atoms with van der Waals surface area (Å²) in [5, 5.41) is 3.88. The second-order valence-corrected chi connectivity index (χ2v) is 3.70. The van der Waals surface area contributed by atoms with Crippen molar-refractivity contribution in [1.29, 1.82) is 0 Å². The van der Waals surface area contributed by atoms with Crippen LogP contribution in [0.2, 0.25) is 0 Å². The summed E-state index contributed by atoms with van der Waals surface area (Å²) < 4.78 is 0. The van der Waals surface area contributed by atoms with Crippen LogP contribution in [-0.2, 0) is 0 Å². The van der Waals surface area contributed by atoms with Gasteiger partial charge in [-0.25, -0.2) is 5.43 Å². The highest BCUT2D eigenvalue weighted by atomic mass is 16.2. The quantitative estimate of drug-likeness (QED) is 0.489. The van der Waals surface area contributed by atoms with Crippen LogP contribution in [0.1, 0.15) is 15.9 Å². The van der Waals surface area contributed by atoms with Gasteiger partial charge in [-0.1, -0.05) is 42.5 Å². The Morgan fingerprint density at radius 1 is 1.06 bits per heavy atom. The van der Waals surface area contributed by atoms with E-state index in [1.165, 1.54) is 0 Å². The van der Waals surface area contributed by atoms with Crippen molar-refractivity contribution in [1.82, 2.24) is 5.43 Å². The van der Waals surface area contributed by atoms with E-state index in [-0.39, 0.29) is 5.91 Å². The van der Waals surface area contributed by atoms with E-state index in [0.717, 1.165) is 5.56 Å². The predicted molar refractivity (Wildman–Crippen MR) is 72.4 cm³/mol. The fraction of sp³-hybridized carbons (Fsp3) is 0. The lowest BCUT2D eigenvalue weighted by molar-refractivity contribution is 0.0956. The first-order chi connectivity index (χ1) is 8.77. The first-order valence-electron chi connectivity index (χ1n) is 5.50. The zero-order chi connectivity index (χ0) is 12.8. The van der Waals surface area contributed by atoms with E-state index >= 15 is 0 Å². The molecule has 0 saturated carbocycles. The molecule has 0 heterocycles. The van der Waals surface area contributed by atoms with Crippen LogP contribution in [0.3, 0.4) is 0 Å². The molecule has 4 heteroatoms. The first kappa shape index (κ1) is 11.9. The van der Waals surface area contributed by atoms with Crippen molar-refractivity contribution in [3.63, 3.8) is 0 Å². The number of benzene rings is 2. The zero-order valence-electron chi connectivity index (χ0n) is 9.71. The SMILES string of the molecule is Nc1ccccc1C(=O)N/N=C\c1ccccc1. The number of para-hydroxylation sites is 1. The van der Waals surface area contributed by atoms with Crippen LogP contribution in [0.5, 0.6) is 0 Å². The van der Waals surface area contributed by atoms with Crippen LogP contribution in [0.4, 0.5) is 5.69 Å². The van der Waals surface area contributed by atoms with Gasteiger partial charge in [-0.3, -0.25) is 4.79 Å². The number of carbonyl (C=O) groups excluding carboxylic acids is 1. The average Bonchev–Trinajstić information content (AvgIpc) is 2.40. The molecule has 0 saturated heterocycles. The van der Waals surface area contributed by atoms with Crippen LogP contribution in [0.25, 0.3) is 0 Å². The Bertz CT molecular complexity index is 564. The summed E-state index contributed by atoms with van der Waals surface area (Å²) in [4.78, 5) is 11.8. The molecule has 2 rings (SSSR count). The molecule has 3 N–H and O–H groups in total. The van der Waals surface area contributed by atoms with Gasteiger partial charge >= 0.3 is 0 Å². The minimum absolute atomic E-state index is 0.319. The minimum Gasteiger partial charge on any atom is -0.398 e. The molecule has 0 bridgehead atoms. The summed E-state index contributed by atoms with van der Waals surface area (Å²) in [6.45, 7) is 0. The number of hydrazone groups is 1. The summed E-state index contributed by atoms with van der Waals surface area (Å²) >= 11 is 0. The van der Waals surface area contributed by atoms with Gasteiger partial charge < -0.3 is 5.73 Å². The molecule has 18 heavy (non-hydrogen) atoms. The third-order valence-corrected chi connectivity index (χ3v) is 2.38. The highest BCUT2D eigenvalue weighted by Crippen LogP contribution is 2.09. The number of hydrogen-bond donors (Lipinski definition) is 2. The molecule has 2 aromatic rings. The molecule has 0 fully saturated rings. The fourth-order valence-corrected chi connectivity index (χ4v) is 1.47. The number of nitrogens with one attached hydrogen (secondary N) is 1. The number of carbonyl (C=O) groups is 1. The predicted octanol–water partition coefficient (Wildman–Crippen LogP) is 2.03. The van der Waals surface area contributed by atoms with E-state index in [0.29, 0.717) is 11.3 Å². The molecule has 0 radical (unpaired) electrons. The third kappa shape index (κ3) is 2.95. The second-order valence-electron chi connectivity index (χ2n) is 3.70. The summed E-state index contributed by atoms with van der Waals surface area (Å²) in [6.07, 6.45) is 1.58. The van der Waals surface area contributed by atoms with Crippen LogP contribution >= 0.6 is 0 Å². The van der Waals surface area contributed by atoms with Gasteiger partial charge in [0.25, 0.3) is 5.91 Å². The smallest absolute Gasteiger partial charge is 0.273 e. The van der Waals surface area contributed by atoms with Gasteiger partial charge in [0.05, 0.1) is 11.8 Å². The molecule has 0 aromatic heterocycles. The number of nitrogens with zero attached hydrogens (tertiary/aromatic N) is 1. The molecular formula is C14H13N3O. The van der Waals surface area contributed by atoms with Crippen LogP contribution < -0.4 is 11.2 Å². The number of rotatable bonds is 3. The topological polar surface area (TPSA) is 67.5 Å². The lowest BCUT2D eigenvalue weighted by Gasteiger charge is -2.02. The average molecular weight is 239 g/mol. The van der Waals surface area contributed by atoms with Gasteiger partial charge in [-0.05, 0) is 17.7 Å². The van der Waals surface area contributed by atoms with Crippen LogP contribution in [0.15, 0.2) is 59.7 Å². The molecular weight excluding hydrogens is 226 g/mol. The molecule has 0 spiro atoms. The van der Waals surface area contributed by atoms with Gasteiger partial charge in [0.1, 0.15) is 0 Å². The molecule has 0 aliphatic heterocycles. The standard InChI is InChI=1S/C14H13N3O/c15-13-9-5-4-8-12(13)14(18)17-16-10-11-6-2-1-3-7-11/h1-10H,15H2,(H,17,18)/b16-10-. The fourth-order valence-electron chi connectivity index (χ4n) is 1.47. The van der Waals surface area contributed by atoms with E-state index < -0.39 is 0 Å². The molecule has 4 nitrogen and oxygen atoms in total. The van der Waals surface area contributed by atoms with Crippen molar-refractivity contribution >= 4 is 17.8 Å². The maximum atomic E-state index is 11.8.